The van der Waals surface area contributed by atoms with Crippen LogP contribution in [0, 0.1) is 5.82 Å². The SMILES string of the molecule is O=C1/C(=C/c2ccc3c(c2)OCO3)CN(C(=O)c2cc(Cc3n[nH]c(=O)c4ccccc34)ccc2F)C/C1=C\c1ccc2c(c1)OCO2. The Morgan fingerprint density at radius 3 is 2.02 bits per heavy atom. The van der Waals surface area contributed by atoms with Crippen LogP contribution in [0.25, 0.3) is 22.9 Å². The minimum atomic E-state index is -0.692. The third-order valence-electron chi connectivity index (χ3n) is 8.48. The first kappa shape index (κ1) is 29.2. The molecule has 1 saturated heterocycles. The number of H-pyrrole nitrogens is 1. The summed E-state index contributed by atoms with van der Waals surface area (Å²) in [5, 5.41) is 7.90. The molecule has 48 heavy (non-hydrogen) atoms. The summed E-state index contributed by atoms with van der Waals surface area (Å²) in [6.45, 7) is 0.136. The van der Waals surface area contributed by atoms with E-state index >= 15 is 4.39 Å². The lowest BCUT2D eigenvalue weighted by atomic mass is 9.93. The molecule has 4 aromatic carbocycles. The Morgan fingerprint density at radius 1 is 0.771 bits per heavy atom. The average Bonchev–Trinajstić information content (AvgIpc) is 3.77. The summed E-state index contributed by atoms with van der Waals surface area (Å²) in [7, 11) is 0. The molecule has 0 bridgehead atoms. The molecule has 0 spiro atoms. The number of amides is 1. The molecule has 3 aliphatic heterocycles. The molecule has 5 aromatic rings. The summed E-state index contributed by atoms with van der Waals surface area (Å²) in [5.74, 6) is 0.817. The van der Waals surface area contributed by atoms with Crippen molar-refractivity contribution in [3.8, 4) is 23.0 Å². The number of nitrogens with one attached hydrogen (secondary N) is 1. The lowest BCUT2D eigenvalue weighted by Gasteiger charge is -2.30. The van der Waals surface area contributed by atoms with Gasteiger partial charge in [0.25, 0.3) is 11.5 Å². The van der Waals surface area contributed by atoms with Crippen LogP contribution in [0.15, 0.2) is 94.8 Å². The number of carbonyl (C=O) groups is 2. The molecule has 4 heterocycles. The van der Waals surface area contributed by atoms with Gasteiger partial charge in [-0.15, -0.1) is 0 Å². The Bertz CT molecular complexity index is 2200. The monoisotopic (exact) mass is 643 g/mol. The second-order valence-electron chi connectivity index (χ2n) is 11.6. The minimum absolute atomic E-state index is 0.0413. The Balaban J connectivity index is 1.14. The molecule has 11 heteroatoms. The molecular weight excluding hydrogens is 617 g/mol. The van der Waals surface area contributed by atoms with Crippen molar-refractivity contribution < 1.29 is 32.9 Å². The van der Waals surface area contributed by atoms with Crippen LogP contribution in [0.1, 0.15) is 32.7 Å². The van der Waals surface area contributed by atoms with Crippen molar-refractivity contribution in [1.29, 1.82) is 0 Å². The van der Waals surface area contributed by atoms with Gasteiger partial charge in [0.15, 0.2) is 28.8 Å². The molecule has 1 fully saturated rings. The number of likely N-dealkylation sites (tertiary alicyclic amines) is 1. The van der Waals surface area contributed by atoms with Crippen molar-refractivity contribution >= 4 is 34.6 Å². The maximum atomic E-state index is 15.4. The molecule has 0 radical (unpaired) electrons. The van der Waals surface area contributed by atoms with Crippen molar-refractivity contribution in [3.63, 3.8) is 0 Å². The highest BCUT2D eigenvalue weighted by atomic mass is 19.1. The predicted octanol–water partition coefficient (Wildman–Crippen LogP) is 5.30. The Morgan fingerprint density at radius 2 is 1.38 bits per heavy atom. The smallest absolute Gasteiger partial charge is 0.272 e. The maximum absolute atomic E-state index is 15.4. The van der Waals surface area contributed by atoms with Crippen LogP contribution < -0.4 is 24.5 Å². The number of halogens is 1. The third-order valence-corrected chi connectivity index (χ3v) is 8.48. The first-order valence-corrected chi connectivity index (χ1v) is 15.2. The highest BCUT2D eigenvalue weighted by molar-refractivity contribution is 6.16. The summed E-state index contributed by atoms with van der Waals surface area (Å²) in [6, 6.07) is 22.1. The number of ether oxygens (including phenoxy) is 4. The number of carbonyl (C=O) groups excluding carboxylic acids is 2. The summed E-state index contributed by atoms with van der Waals surface area (Å²) in [6.07, 6.45) is 3.66. The topological polar surface area (TPSA) is 120 Å². The van der Waals surface area contributed by atoms with Crippen molar-refractivity contribution in [2.24, 2.45) is 0 Å². The molecule has 8 rings (SSSR count). The van der Waals surface area contributed by atoms with Crippen molar-refractivity contribution in [2.75, 3.05) is 26.7 Å². The zero-order valence-corrected chi connectivity index (χ0v) is 25.3. The maximum Gasteiger partial charge on any atom is 0.272 e. The lowest BCUT2D eigenvalue weighted by molar-refractivity contribution is -0.113. The number of Topliss-reactive ketones (excluding diaryl/α,β-unsaturated/α-hetero) is 1. The largest absolute Gasteiger partial charge is 0.454 e. The van der Waals surface area contributed by atoms with E-state index in [4.69, 9.17) is 18.9 Å². The van der Waals surface area contributed by atoms with Gasteiger partial charge in [0, 0.05) is 23.0 Å². The Labute approximate surface area is 272 Å². The lowest BCUT2D eigenvalue weighted by Crippen LogP contribution is -2.42. The number of ketones is 1. The van der Waals surface area contributed by atoms with Crippen molar-refractivity contribution in [2.45, 2.75) is 6.42 Å². The first-order valence-electron chi connectivity index (χ1n) is 15.2. The van der Waals surface area contributed by atoms with E-state index in [2.05, 4.69) is 10.2 Å². The van der Waals surface area contributed by atoms with Gasteiger partial charge in [0.05, 0.1) is 29.7 Å². The fraction of sp³-hybridized carbons (Fsp3) is 0.135. The standard InChI is InChI=1S/C37H26FN3O7/c38-29-8-5-23(14-30-26-3-1-2-4-27(26)36(43)40-39-30)13-28(29)37(44)41-17-24(11-21-6-9-31-33(15-21)47-19-45-31)35(42)25(18-41)12-22-7-10-32-34(16-22)48-20-46-32/h1-13,15-16H,14,17-20H2,(H,40,43)/b24-11+,25-12+. The third kappa shape index (κ3) is 5.45. The number of piperidine rings is 1. The highest BCUT2D eigenvalue weighted by Crippen LogP contribution is 2.35. The van der Waals surface area contributed by atoms with Crippen molar-refractivity contribution in [1.82, 2.24) is 15.1 Å². The van der Waals surface area contributed by atoms with Crippen LogP contribution in [-0.2, 0) is 11.2 Å². The van der Waals surface area contributed by atoms with Gasteiger partial charge in [-0.1, -0.05) is 36.4 Å². The Hall–Kier alpha value is -6.23. The molecule has 1 N–H and O–H groups in total. The van der Waals surface area contributed by atoms with Gasteiger partial charge in [-0.05, 0) is 71.3 Å². The van der Waals surface area contributed by atoms with Crippen LogP contribution in [0.5, 0.6) is 23.0 Å². The van der Waals surface area contributed by atoms with Gasteiger partial charge < -0.3 is 23.8 Å². The normalized spacial score (nSPS) is 16.7. The van der Waals surface area contributed by atoms with Crippen LogP contribution >= 0.6 is 0 Å². The van der Waals surface area contributed by atoms with Crippen LogP contribution in [-0.4, -0.2) is 53.5 Å². The fourth-order valence-corrected chi connectivity index (χ4v) is 6.11. The molecule has 0 saturated carbocycles. The number of aromatic amines is 1. The van der Waals surface area contributed by atoms with Crippen LogP contribution in [0.4, 0.5) is 4.39 Å². The van der Waals surface area contributed by atoms with E-state index in [-0.39, 0.29) is 50.0 Å². The fourth-order valence-electron chi connectivity index (χ4n) is 6.11. The van der Waals surface area contributed by atoms with E-state index in [1.165, 1.54) is 17.0 Å². The van der Waals surface area contributed by atoms with E-state index < -0.39 is 11.7 Å². The number of nitrogens with zero attached hydrogens (tertiary/aromatic N) is 2. The molecule has 0 atom stereocenters. The zero-order chi connectivity index (χ0) is 32.8. The van der Waals surface area contributed by atoms with E-state index in [9.17, 15) is 14.4 Å². The number of rotatable bonds is 5. The van der Waals surface area contributed by atoms with Gasteiger partial charge in [-0.3, -0.25) is 14.4 Å². The summed E-state index contributed by atoms with van der Waals surface area (Å²) in [5.41, 5.74) is 2.84. The van der Waals surface area contributed by atoms with Crippen LogP contribution in [0.2, 0.25) is 0 Å². The molecule has 0 unspecified atom stereocenters. The second kappa shape index (κ2) is 11.8. The van der Waals surface area contributed by atoms with E-state index in [1.54, 1.807) is 72.8 Å². The Kier molecular flexibility index (Phi) is 7.21. The number of hydrogen-bond donors (Lipinski definition) is 1. The quantitative estimate of drug-likeness (QED) is 0.256. The number of hydrogen-bond acceptors (Lipinski definition) is 8. The van der Waals surface area contributed by atoms with E-state index in [0.717, 1.165) is 0 Å². The molecule has 238 valence electrons. The average molecular weight is 644 g/mol. The number of aromatic nitrogens is 2. The predicted molar refractivity (Wildman–Crippen MR) is 174 cm³/mol. The zero-order valence-electron chi connectivity index (χ0n) is 25.3. The molecular formula is C37H26FN3O7. The number of benzene rings is 4. The second-order valence-corrected chi connectivity index (χ2v) is 11.6. The molecule has 3 aliphatic rings. The first-order chi connectivity index (χ1) is 23.4. The summed E-state index contributed by atoms with van der Waals surface area (Å²) < 4.78 is 37.2. The minimum Gasteiger partial charge on any atom is -0.454 e. The van der Waals surface area contributed by atoms with Crippen LogP contribution in [0.3, 0.4) is 0 Å². The molecule has 1 amide bonds. The summed E-state index contributed by atoms with van der Waals surface area (Å²) >= 11 is 0. The molecule has 10 nitrogen and oxygen atoms in total. The highest BCUT2D eigenvalue weighted by Gasteiger charge is 2.31. The van der Waals surface area contributed by atoms with Gasteiger partial charge in [-0.2, -0.15) is 5.10 Å². The van der Waals surface area contributed by atoms with Gasteiger partial charge in [0.2, 0.25) is 13.6 Å². The van der Waals surface area contributed by atoms with Crippen molar-refractivity contribution in [3.05, 3.63) is 134 Å². The van der Waals surface area contributed by atoms with Gasteiger partial charge in [-0.25, -0.2) is 9.49 Å². The number of fused-ring (bicyclic) bond motifs is 3. The van der Waals surface area contributed by atoms with E-state index in [0.29, 0.717) is 67.3 Å². The molecule has 0 aliphatic carbocycles. The van der Waals surface area contributed by atoms with Gasteiger partial charge >= 0.3 is 0 Å². The van der Waals surface area contributed by atoms with E-state index in [1.807, 2.05) is 6.07 Å². The molecule has 1 aromatic heterocycles. The van der Waals surface area contributed by atoms with Gasteiger partial charge in [0.1, 0.15) is 5.82 Å². The summed E-state index contributed by atoms with van der Waals surface area (Å²) in [4.78, 5) is 41.7.